The average molecular weight is 397 g/mol. The van der Waals surface area contributed by atoms with Crippen molar-refractivity contribution in [2.24, 2.45) is 5.92 Å². The van der Waals surface area contributed by atoms with E-state index < -0.39 is 0 Å². The fourth-order valence-corrected chi connectivity index (χ4v) is 2.53. The van der Waals surface area contributed by atoms with Crippen LogP contribution >= 0.6 is 15.9 Å². The summed E-state index contributed by atoms with van der Waals surface area (Å²) >= 11 is 3.38. The van der Waals surface area contributed by atoms with Gasteiger partial charge in [-0.1, -0.05) is 27.2 Å². The number of hydrogen-bond acceptors (Lipinski definition) is 5. The first-order chi connectivity index (χ1) is 11.7. The van der Waals surface area contributed by atoms with Crippen LogP contribution in [-0.4, -0.2) is 31.3 Å². The minimum absolute atomic E-state index is 0.400. The largest absolute Gasteiger partial charge is 0.486 e. The van der Waals surface area contributed by atoms with Crippen LogP contribution in [0.4, 0.5) is 0 Å². The molecule has 1 aromatic carbocycles. The van der Waals surface area contributed by atoms with Gasteiger partial charge in [-0.3, -0.25) is 4.79 Å². The van der Waals surface area contributed by atoms with Crippen LogP contribution in [0.3, 0.4) is 0 Å². The highest BCUT2D eigenvalue weighted by Gasteiger charge is 2.13. The Morgan fingerprint density at radius 1 is 1.46 bits per heavy atom. The number of carbonyl (C=O) groups is 1. The molecule has 7 heteroatoms. The van der Waals surface area contributed by atoms with Crippen LogP contribution in [0.25, 0.3) is 0 Å². The number of rotatable bonds is 6. The van der Waals surface area contributed by atoms with Crippen molar-refractivity contribution < 1.29 is 18.8 Å². The second-order valence-corrected chi connectivity index (χ2v) is 6.35. The van der Waals surface area contributed by atoms with Crippen molar-refractivity contribution in [3.05, 3.63) is 46.3 Å². The van der Waals surface area contributed by atoms with Crippen molar-refractivity contribution in [3.8, 4) is 5.75 Å². The molecule has 1 aliphatic heterocycles. The third kappa shape index (κ3) is 6.72. The van der Waals surface area contributed by atoms with Crippen LogP contribution in [0, 0.1) is 12.8 Å². The molecule has 0 aliphatic carbocycles. The zero-order valence-electron chi connectivity index (χ0n) is 13.5. The van der Waals surface area contributed by atoms with Crippen LogP contribution in [-0.2, 0) is 16.1 Å². The van der Waals surface area contributed by atoms with Crippen molar-refractivity contribution in [2.75, 3.05) is 19.8 Å². The van der Waals surface area contributed by atoms with Gasteiger partial charge in [0, 0.05) is 29.6 Å². The summed E-state index contributed by atoms with van der Waals surface area (Å²) in [7, 11) is 0. The number of aromatic nitrogens is 1. The molecule has 1 amide bonds. The molecule has 0 saturated carbocycles. The van der Waals surface area contributed by atoms with Gasteiger partial charge in [0.05, 0.1) is 12.3 Å². The van der Waals surface area contributed by atoms with E-state index in [1.165, 1.54) is 0 Å². The second-order valence-electron chi connectivity index (χ2n) is 5.44. The molecule has 2 aromatic rings. The standard InChI is InChI=1S/C11H10BrNO2.C6H11NO2/c1-8-5-11(15-13-8)7-14-10-4-2-3-9(12)6-10;8-5-7-3-6-1-2-9-4-6/h2-6H,7H2,1H3;5-6H,1-4H2,(H,7,8). The van der Waals surface area contributed by atoms with Crippen molar-refractivity contribution in [2.45, 2.75) is 20.0 Å². The van der Waals surface area contributed by atoms with Gasteiger partial charge in [-0.25, -0.2) is 0 Å². The molecule has 3 rings (SSSR count). The summed E-state index contributed by atoms with van der Waals surface area (Å²) in [5, 5.41) is 6.41. The number of nitrogens with zero attached hydrogens (tertiary/aromatic N) is 1. The molecular formula is C17H21BrN2O4. The van der Waals surface area contributed by atoms with E-state index in [1.54, 1.807) is 0 Å². The fraction of sp³-hybridized carbons (Fsp3) is 0.412. The summed E-state index contributed by atoms with van der Waals surface area (Å²) in [5.74, 6) is 2.08. The molecule has 1 atom stereocenters. The van der Waals surface area contributed by atoms with Crippen LogP contribution in [0.1, 0.15) is 17.9 Å². The maximum Gasteiger partial charge on any atom is 0.207 e. The van der Waals surface area contributed by atoms with Crippen LogP contribution < -0.4 is 10.1 Å². The predicted octanol–water partition coefficient (Wildman–Crippen LogP) is 3.09. The zero-order chi connectivity index (χ0) is 17.2. The fourth-order valence-electron chi connectivity index (χ4n) is 2.15. The van der Waals surface area contributed by atoms with E-state index in [2.05, 4.69) is 26.4 Å². The summed E-state index contributed by atoms with van der Waals surface area (Å²) in [6, 6.07) is 9.53. The Morgan fingerprint density at radius 2 is 2.33 bits per heavy atom. The number of carbonyl (C=O) groups excluding carboxylic acids is 1. The summed E-state index contributed by atoms with van der Waals surface area (Å²) in [5.41, 5.74) is 0.864. The first-order valence-corrected chi connectivity index (χ1v) is 8.52. The minimum Gasteiger partial charge on any atom is -0.486 e. The Balaban J connectivity index is 0.000000198. The normalized spacial score (nSPS) is 16.2. The third-order valence-corrected chi connectivity index (χ3v) is 3.86. The Labute approximate surface area is 149 Å². The Hall–Kier alpha value is -1.86. The van der Waals surface area contributed by atoms with Gasteiger partial charge in [-0.2, -0.15) is 0 Å². The first-order valence-electron chi connectivity index (χ1n) is 7.72. The number of benzene rings is 1. The predicted molar refractivity (Wildman–Crippen MR) is 92.7 cm³/mol. The summed E-state index contributed by atoms with van der Waals surface area (Å²) in [6.07, 6.45) is 1.82. The molecule has 24 heavy (non-hydrogen) atoms. The molecule has 2 heterocycles. The molecule has 6 nitrogen and oxygen atoms in total. The smallest absolute Gasteiger partial charge is 0.207 e. The number of halogens is 1. The lowest BCUT2D eigenvalue weighted by Gasteiger charge is -2.03. The van der Waals surface area contributed by atoms with Gasteiger partial charge in [0.2, 0.25) is 6.41 Å². The lowest BCUT2D eigenvalue weighted by molar-refractivity contribution is -0.109. The first kappa shape index (κ1) is 18.5. The maximum absolute atomic E-state index is 9.81. The number of nitrogens with one attached hydrogen (secondary N) is 1. The molecule has 1 aromatic heterocycles. The van der Waals surface area contributed by atoms with Gasteiger partial charge in [-0.15, -0.1) is 0 Å². The molecule has 0 spiro atoms. The monoisotopic (exact) mass is 396 g/mol. The molecule has 1 fully saturated rings. The molecule has 1 saturated heterocycles. The molecule has 1 unspecified atom stereocenters. The highest BCUT2D eigenvalue weighted by atomic mass is 79.9. The van der Waals surface area contributed by atoms with Gasteiger partial charge >= 0.3 is 0 Å². The van der Waals surface area contributed by atoms with E-state index in [1.807, 2.05) is 37.3 Å². The van der Waals surface area contributed by atoms with Gasteiger partial charge in [0.15, 0.2) is 5.76 Å². The zero-order valence-corrected chi connectivity index (χ0v) is 15.1. The number of ether oxygens (including phenoxy) is 2. The number of aryl methyl sites for hydroxylation is 1. The van der Waals surface area contributed by atoms with E-state index >= 15 is 0 Å². The summed E-state index contributed by atoms with van der Waals surface area (Å²) < 4.78 is 16.6. The molecule has 1 aliphatic rings. The Morgan fingerprint density at radius 3 is 2.96 bits per heavy atom. The van der Waals surface area contributed by atoms with Gasteiger partial charge in [-0.05, 0) is 31.5 Å². The van der Waals surface area contributed by atoms with E-state index in [4.69, 9.17) is 14.0 Å². The van der Waals surface area contributed by atoms with E-state index in [-0.39, 0.29) is 0 Å². The summed E-state index contributed by atoms with van der Waals surface area (Å²) in [4.78, 5) is 9.81. The summed E-state index contributed by atoms with van der Waals surface area (Å²) in [6.45, 7) is 4.71. The van der Waals surface area contributed by atoms with Crippen LogP contribution in [0.2, 0.25) is 0 Å². The second kappa shape index (κ2) is 10.1. The van der Waals surface area contributed by atoms with Crippen molar-refractivity contribution in [1.29, 1.82) is 0 Å². The molecule has 130 valence electrons. The lowest BCUT2D eigenvalue weighted by atomic mass is 10.1. The van der Waals surface area contributed by atoms with E-state index in [9.17, 15) is 4.79 Å². The Kier molecular flexibility index (Phi) is 7.77. The van der Waals surface area contributed by atoms with E-state index in [0.29, 0.717) is 12.5 Å². The van der Waals surface area contributed by atoms with Gasteiger partial charge < -0.3 is 19.3 Å². The van der Waals surface area contributed by atoms with Gasteiger partial charge in [0.25, 0.3) is 0 Å². The molecule has 0 bridgehead atoms. The van der Waals surface area contributed by atoms with Crippen molar-refractivity contribution in [1.82, 2.24) is 10.5 Å². The number of amides is 1. The van der Waals surface area contributed by atoms with E-state index in [0.717, 1.165) is 54.3 Å². The van der Waals surface area contributed by atoms with Crippen molar-refractivity contribution >= 4 is 22.3 Å². The lowest BCUT2D eigenvalue weighted by Crippen LogP contribution is -2.21. The van der Waals surface area contributed by atoms with Crippen LogP contribution in [0.5, 0.6) is 5.75 Å². The quantitative estimate of drug-likeness (QED) is 0.759. The topological polar surface area (TPSA) is 73.6 Å². The highest BCUT2D eigenvalue weighted by molar-refractivity contribution is 9.10. The minimum atomic E-state index is 0.400. The van der Waals surface area contributed by atoms with Crippen LogP contribution in [0.15, 0.2) is 39.3 Å². The number of hydrogen-bond donors (Lipinski definition) is 1. The average Bonchev–Trinajstić information content (AvgIpc) is 3.23. The molecule has 0 radical (unpaired) electrons. The molecule has 1 N–H and O–H groups in total. The Bertz CT molecular complexity index is 627. The SMILES string of the molecule is Cc1cc(COc2cccc(Br)c2)on1.O=CNCC1CCOC1. The van der Waals surface area contributed by atoms with Gasteiger partial charge in [0.1, 0.15) is 12.4 Å². The maximum atomic E-state index is 9.81. The van der Waals surface area contributed by atoms with Crippen molar-refractivity contribution in [3.63, 3.8) is 0 Å². The molecular weight excluding hydrogens is 376 g/mol. The third-order valence-electron chi connectivity index (χ3n) is 3.37. The highest BCUT2D eigenvalue weighted by Crippen LogP contribution is 2.19.